The monoisotopic (exact) mass is 580 g/mol. The Bertz CT molecular complexity index is 1710. The van der Waals surface area contributed by atoms with Crippen molar-refractivity contribution < 1.29 is 22.7 Å². The normalized spacial score (nSPS) is 11.2. The number of nitrogens with one attached hydrogen (secondary N) is 2. The Morgan fingerprint density at radius 3 is 2.34 bits per heavy atom. The zero-order chi connectivity index (χ0) is 29.1. The van der Waals surface area contributed by atoms with Crippen molar-refractivity contribution in [2.24, 2.45) is 7.05 Å². The van der Waals surface area contributed by atoms with Crippen LogP contribution in [-0.2, 0) is 13.2 Å². The van der Waals surface area contributed by atoms with Crippen LogP contribution in [0.2, 0.25) is 5.02 Å². The van der Waals surface area contributed by atoms with E-state index in [9.17, 15) is 18.0 Å². The van der Waals surface area contributed by atoms with Gasteiger partial charge in [0.25, 0.3) is 0 Å². The van der Waals surface area contributed by atoms with Crippen molar-refractivity contribution in [1.29, 1.82) is 0 Å². The van der Waals surface area contributed by atoms with E-state index in [0.29, 0.717) is 33.4 Å². The molecule has 10 nitrogen and oxygen atoms in total. The van der Waals surface area contributed by atoms with E-state index >= 15 is 0 Å². The number of hydrogen-bond donors (Lipinski definition) is 3. The van der Waals surface area contributed by atoms with Crippen molar-refractivity contribution in [2.45, 2.75) is 6.18 Å². The fourth-order valence-electron chi connectivity index (χ4n) is 3.81. The highest BCUT2D eigenvalue weighted by Gasteiger charge is 2.31. The van der Waals surface area contributed by atoms with E-state index in [0.717, 1.165) is 17.7 Å². The number of nitrogens with zero attached hydrogens (tertiary/aromatic N) is 5. The summed E-state index contributed by atoms with van der Waals surface area (Å²) in [6.45, 7) is 0. The van der Waals surface area contributed by atoms with Gasteiger partial charge < -0.3 is 21.1 Å². The van der Waals surface area contributed by atoms with Crippen molar-refractivity contribution in [3.05, 3.63) is 90.0 Å². The minimum atomic E-state index is -4.60. The van der Waals surface area contributed by atoms with Crippen molar-refractivity contribution >= 4 is 34.8 Å². The number of carbonyl (C=O) groups excluding carboxylic acids is 1. The summed E-state index contributed by atoms with van der Waals surface area (Å²) in [5.41, 5.74) is 7.28. The Morgan fingerprint density at radius 1 is 0.951 bits per heavy atom. The van der Waals surface area contributed by atoms with Crippen molar-refractivity contribution in [2.75, 3.05) is 16.4 Å². The summed E-state index contributed by atoms with van der Waals surface area (Å²) < 4.78 is 47.1. The fraction of sp³-hybridized carbons (Fsp3) is 0.0741. The van der Waals surface area contributed by atoms with Crippen LogP contribution < -0.4 is 21.1 Å². The molecule has 208 valence electrons. The molecule has 4 N–H and O–H groups in total. The maximum Gasteiger partial charge on any atom is 0.416 e. The molecule has 3 heterocycles. The van der Waals surface area contributed by atoms with Crippen LogP contribution in [0.4, 0.5) is 35.2 Å². The SMILES string of the molecule is Cn1ccc(-c2ccc(C(F)(F)F)cc2NC(=O)Nc2cnc(Oc3ccc(-c4cc(Cl)cnc4N)cc3)nc2)n1. The molecule has 41 heavy (non-hydrogen) atoms. The van der Waals surface area contributed by atoms with Crippen molar-refractivity contribution in [3.63, 3.8) is 0 Å². The number of ether oxygens (including phenoxy) is 1. The number of pyridine rings is 1. The van der Waals surface area contributed by atoms with Crippen molar-refractivity contribution in [1.82, 2.24) is 24.7 Å². The lowest BCUT2D eigenvalue weighted by molar-refractivity contribution is -0.137. The first-order chi connectivity index (χ1) is 19.5. The average Bonchev–Trinajstić information content (AvgIpc) is 3.37. The van der Waals surface area contributed by atoms with Crippen LogP contribution in [0.5, 0.6) is 11.8 Å². The first-order valence-electron chi connectivity index (χ1n) is 11.9. The number of urea groups is 1. The van der Waals surface area contributed by atoms with E-state index in [1.807, 2.05) is 0 Å². The molecule has 14 heteroatoms. The van der Waals surface area contributed by atoms with Gasteiger partial charge in [0.1, 0.15) is 11.6 Å². The highest BCUT2D eigenvalue weighted by molar-refractivity contribution is 6.30. The molecule has 0 aliphatic carbocycles. The van der Waals surface area contributed by atoms with E-state index in [-0.39, 0.29) is 17.4 Å². The second-order valence-electron chi connectivity index (χ2n) is 8.68. The van der Waals surface area contributed by atoms with E-state index in [1.54, 1.807) is 49.6 Å². The lowest BCUT2D eigenvalue weighted by Crippen LogP contribution is -2.20. The van der Waals surface area contributed by atoms with Crippen LogP contribution in [0.3, 0.4) is 0 Å². The third-order valence-electron chi connectivity index (χ3n) is 5.73. The molecule has 0 atom stereocenters. The van der Waals surface area contributed by atoms with E-state index < -0.39 is 17.8 Å². The smallest absolute Gasteiger partial charge is 0.416 e. The summed E-state index contributed by atoms with van der Waals surface area (Å²) in [4.78, 5) is 24.8. The van der Waals surface area contributed by atoms with Gasteiger partial charge in [0, 0.05) is 30.6 Å². The van der Waals surface area contributed by atoms with Crippen LogP contribution in [0.25, 0.3) is 22.4 Å². The van der Waals surface area contributed by atoms with Gasteiger partial charge in [-0.3, -0.25) is 4.68 Å². The molecule has 3 aromatic heterocycles. The summed E-state index contributed by atoms with van der Waals surface area (Å²) in [5.74, 6) is 0.770. The van der Waals surface area contributed by atoms with Crippen LogP contribution in [0.15, 0.2) is 79.4 Å². The van der Waals surface area contributed by atoms with Gasteiger partial charge in [-0.15, -0.1) is 0 Å². The van der Waals surface area contributed by atoms with Gasteiger partial charge in [-0.1, -0.05) is 29.8 Å². The minimum absolute atomic E-state index is 0.00274. The Kier molecular flexibility index (Phi) is 7.44. The second kappa shape index (κ2) is 11.1. The highest BCUT2D eigenvalue weighted by atomic mass is 35.5. The molecule has 5 aromatic rings. The average molecular weight is 581 g/mol. The lowest BCUT2D eigenvalue weighted by atomic mass is 10.1. The molecule has 0 spiro atoms. The number of carbonyl (C=O) groups is 1. The number of benzene rings is 2. The third kappa shape index (κ3) is 6.53. The predicted octanol–water partition coefficient (Wildman–Crippen LogP) is 6.63. The van der Waals surface area contributed by atoms with E-state index in [2.05, 4.69) is 30.7 Å². The zero-order valence-corrected chi connectivity index (χ0v) is 21.9. The van der Waals surface area contributed by atoms with Crippen LogP contribution >= 0.6 is 11.6 Å². The Balaban J connectivity index is 1.26. The first-order valence-corrected chi connectivity index (χ1v) is 12.2. The van der Waals surface area contributed by atoms with Crippen LogP contribution in [0, 0.1) is 0 Å². The minimum Gasteiger partial charge on any atom is -0.424 e. The fourth-order valence-corrected chi connectivity index (χ4v) is 3.97. The number of halogens is 4. The Labute approximate surface area is 236 Å². The molecular formula is C27H20ClF3N8O2. The summed E-state index contributed by atoms with van der Waals surface area (Å²) in [6, 6.07) is 12.5. The predicted molar refractivity (Wildman–Crippen MR) is 147 cm³/mol. The maximum absolute atomic E-state index is 13.3. The van der Waals surface area contributed by atoms with Gasteiger partial charge in [-0.2, -0.15) is 18.3 Å². The Hall–Kier alpha value is -5.17. The number of nitrogen functional groups attached to an aromatic ring is 1. The molecule has 0 bridgehead atoms. The molecule has 5 rings (SSSR count). The van der Waals surface area contributed by atoms with E-state index in [4.69, 9.17) is 22.1 Å². The van der Waals surface area contributed by atoms with Gasteiger partial charge in [0.15, 0.2) is 0 Å². The standard InChI is InChI=1S/C27H20ClF3N8O2/c1-39-9-8-22(38-39)20-7-4-16(27(29,30)31)10-23(20)37-25(40)36-18-13-34-26(35-14-18)41-19-5-2-15(3-6-19)21-11-17(28)12-33-24(21)32/h2-14H,1H3,(H2,32,33)(H2,36,37,40). The molecule has 0 saturated heterocycles. The first kappa shape index (κ1) is 27.4. The lowest BCUT2D eigenvalue weighted by Gasteiger charge is -2.14. The molecule has 0 saturated carbocycles. The van der Waals surface area contributed by atoms with Crippen LogP contribution in [-0.4, -0.2) is 30.8 Å². The van der Waals surface area contributed by atoms with Gasteiger partial charge in [-0.05, 0) is 42.0 Å². The molecular weight excluding hydrogens is 561 g/mol. The van der Waals surface area contributed by atoms with E-state index in [1.165, 1.54) is 29.3 Å². The maximum atomic E-state index is 13.3. The molecule has 2 amide bonds. The summed E-state index contributed by atoms with van der Waals surface area (Å²) in [5, 5.41) is 9.61. The third-order valence-corrected chi connectivity index (χ3v) is 5.94. The molecule has 0 unspecified atom stereocenters. The quantitative estimate of drug-likeness (QED) is 0.205. The highest BCUT2D eigenvalue weighted by Crippen LogP contribution is 2.35. The number of aryl methyl sites for hydroxylation is 1. The number of amides is 2. The molecule has 0 aliphatic rings. The largest absolute Gasteiger partial charge is 0.424 e. The number of rotatable bonds is 6. The zero-order valence-electron chi connectivity index (χ0n) is 21.1. The molecule has 0 fully saturated rings. The number of alkyl halides is 3. The van der Waals surface area contributed by atoms with Crippen molar-refractivity contribution in [3.8, 4) is 34.1 Å². The molecule has 0 aliphatic heterocycles. The Morgan fingerprint density at radius 2 is 1.68 bits per heavy atom. The summed E-state index contributed by atoms with van der Waals surface area (Å²) >= 11 is 6.01. The molecule has 2 aromatic carbocycles. The number of anilines is 3. The number of nitrogens with two attached hydrogens (primary N) is 1. The van der Waals surface area contributed by atoms with Gasteiger partial charge in [0.05, 0.1) is 40.0 Å². The topological polar surface area (TPSA) is 133 Å². The number of hydrogen-bond acceptors (Lipinski definition) is 7. The van der Waals surface area contributed by atoms with Gasteiger partial charge in [-0.25, -0.2) is 19.7 Å². The second-order valence-corrected chi connectivity index (χ2v) is 9.12. The van der Waals surface area contributed by atoms with Gasteiger partial charge in [0.2, 0.25) is 0 Å². The van der Waals surface area contributed by atoms with Crippen LogP contribution in [0.1, 0.15) is 5.56 Å². The summed E-state index contributed by atoms with van der Waals surface area (Å²) in [6.07, 6.45) is 1.08. The van der Waals surface area contributed by atoms with Gasteiger partial charge >= 0.3 is 18.2 Å². The molecule has 0 radical (unpaired) electrons. The summed E-state index contributed by atoms with van der Waals surface area (Å²) in [7, 11) is 1.67. The number of aromatic nitrogens is 5.